The van der Waals surface area contributed by atoms with E-state index in [1.165, 1.54) is 0 Å². The van der Waals surface area contributed by atoms with Gasteiger partial charge in [0.2, 0.25) is 15.9 Å². The van der Waals surface area contributed by atoms with E-state index in [9.17, 15) is 27.3 Å². The van der Waals surface area contributed by atoms with Crippen molar-refractivity contribution < 1.29 is 22.0 Å². The van der Waals surface area contributed by atoms with Gasteiger partial charge in [-0.2, -0.15) is 9.98 Å². The molecule has 7 nitrogen and oxygen atoms in total. The molecule has 0 aliphatic carbocycles. The number of carbonyl (C=O) groups excluding carboxylic acids is 1. The molecule has 1 amide bonds. The maximum atomic E-state index is 14.4. The number of rotatable bonds is 9. The predicted octanol–water partition coefficient (Wildman–Crippen LogP) is 4.02. The van der Waals surface area contributed by atoms with Crippen LogP contribution in [0.15, 0.2) is 70.2 Å². The van der Waals surface area contributed by atoms with Gasteiger partial charge in [0.25, 0.3) is 0 Å². The zero-order valence-corrected chi connectivity index (χ0v) is 20.4. The number of hydrogen-bond donors (Lipinski definition) is 2. The number of benzene rings is 2. The molecule has 0 saturated carbocycles. The molecule has 2 aromatic carbocycles. The molecule has 0 aliphatic rings. The second-order valence-corrected chi connectivity index (χ2v) is 10.1. The van der Waals surface area contributed by atoms with Crippen LogP contribution in [-0.2, 0) is 21.4 Å². The Morgan fingerprint density at radius 3 is 2.53 bits per heavy atom. The van der Waals surface area contributed by atoms with Gasteiger partial charge in [0.15, 0.2) is 0 Å². The molecule has 1 heterocycles. The van der Waals surface area contributed by atoms with Crippen LogP contribution in [-0.4, -0.2) is 24.9 Å². The van der Waals surface area contributed by atoms with E-state index >= 15 is 0 Å². The van der Waals surface area contributed by atoms with Crippen LogP contribution in [0.3, 0.4) is 0 Å². The molecule has 2 unspecified atom stereocenters. The fourth-order valence-corrected chi connectivity index (χ4v) is 5.85. The maximum Gasteiger partial charge on any atom is 0.245 e. The fraction of sp³-hybridized carbons (Fsp3) is 0.217. The lowest BCUT2D eigenvalue weighted by molar-refractivity contribution is -0.123. The third-order valence-electron chi connectivity index (χ3n) is 5.10. The Balaban J connectivity index is 1.89. The summed E-state index contributed by atoms with van der Waals surface area (Å²) in [5.74, 6) is -2.89. The van der Waals surface area contributed by atoms with E-state index in [0.29, 0.717) is 11.8 Å². The summed E-state index contributed by atoms with van der Waals surface area (Å²) >= 11 is 2.88. The average Bonchev–Trinajstić information content (AvgIpc) is 3.25. The first-order valence-electron chi connectivity index (χ1n) is 10.2. The molecule has 0 fully saturated rings. The minimum atomic E-state index is -4.57. The van der Waals surface area contributed by atoms with Crippen LogP contribution < -0.4 is 10.0 Å². The quantitative estimate of drug-likeness (QED) is 0.420. The Hall–Kier alpha value is -3.07. The van der Waals surface area contributed by atoms with Crippen molar-refractivity contribution >= 4 is 31.9 Å². The first kappa shape index (κ1) is 25.6. The summed E-state index contributed by atoms with van der Waals surface area (Å²) in [5, 5.41) is 12.0. The van der Waals surface area contributed by atoms with E-state index in [0.717, 1.165) is 11.6 Å². The van der Waals surface area contributed by atoms with E-state index in [1.807, 2.05) is 12.1 Å². The highest BCUT2D eigenvalue weighted by atomic mass is 79.9. The van der Waals surface area contributed by atoms with Crippen molar-refractivity contribution in [3.63, 3.8) is 0 Å². The highest BCUT2D eigenvalue weighted by Gasteiger charge is 2.31. The maximum absolute atomic E-state index is 14.4. The summed E-state index contributed by atoms with van der Waals surface area (Å²) < 4.78 is 57.4. The Kier molecular flexibility index (Phi) is 8.19. The lowest BCUT2D eigenvalue weighted by atomic mass is 10.1. The lowest BCUT2D eigenvalue weighted by Gasteiger charge is -2.23. The summed E-state index contributed by atoms with van der Waals surface area (Å²) in [6, 6.07) is 13.8. The first-order valence-corrected chi connectivity index (χ1v) is 12.5. The topological polar surface area (TPSA) is 104 Å². The van der Waals surface area contributed by atoms with Crippen molar-refractivity contribution in [2.24, 2.45) is 0 Å². The van der Waals surface area contributed by atoms with E-state index in [-0.39, 0.29) is 17.4 Å². The van der Waals surface area contributed by atoms with Gasteiger partial charge in [-0.3, -0.25) is 4.79 Å². The summed E-state index contributed by atoms with van der Waals surface area (Å²) in [4.78, 5) is 12.2. The van der Waals surface area contributed by atoms with Crippen molar-refractivity contribution in [1.29, 1.82) is 5.26 Å². The monoisotopic (exact) mass is 550 g/mol. The van der Waals surface area contributed by atoms with Crippen LogP contribution in [0.5, 0.6) is 0 Å². The van der Waals surface area contributed by atoms with E-state index < -0.39 is 44.5 Å². The van der Waals surface area contributed by atoms with E-state index in [2.05, 4.69) is 26.0 Å². The average molecular weight is 551 g/mol. The number of sulfonamides is 1. The molecular formula is C23H21BrF2N4O3S. The van der Waals surface area contributed by atoms with Gasteiger partial charge in [0, 0.05) is 29.3 Å². The van der Waals surface area contributed by atoms with Crippen LogP contribution in [0.2, 0.25) is 0 Å². The van der Waals surface area contributed by atoms with Crippen molar-refractivity contribution in [3.8, 4) is 6.07 Å². The van der Waals surface area contributed by atoms with Crippen molar-refractivity contribution in [2.75, 3.05) is 0 Å². The molecule has 0 radical (unpaired) electrons. The number of carbonyl (C=O) groups is 1. The van der Waals surface area contributed by atoms with E-state index in [4.69, 9.17) is 0 Å². The largest absolute Gasteiger partial charge is 0.351 e. The molecule has 3 rings (SSSR count). The molecule has 34 heavy (non-hydrogen) atoms. The molecule has 1 aromatic heterocycles. The van der Waals surface area contributed by atoms with Gasteiger partial charge in [-0.25, -0.2) is 17.2 Å². The number of aromatic nitrogens is 1. The summed E-state index contributed by atoms with van der Waals surface area (Å²) in [6.45, 7) is 1.87. The molecule has 0 bridgehead atoms. The van der Waals surface area contributed by atoms with Crippen molar-refractivity contribution in [1.82, 2.24) is 14.6 Å². The highest BCUT2D eigenvalue weighted by Crippen LogP contribution is 2.27. The lowest BCUT2D eigenvalue weighted by Crippen LogP contribution is -2.47. The molecule has 2 atom stereocenters. The SMILES string of the molecule is CC(CC(NS(=O)(=O)c1c(F)cc(F)cc1Br)C(=O)NCc1ccccc1)n1cccc1C#N. The van der Waals surface area contributed by atoms with Crippen molar-refractivity contribution in [3.05, 3.63) is 88.2 Å². The van der Waals surface area contributed by atoms with E-state index in [1.54, 1.807) is 54.1 Å². The zero-order chi connectivity index (χ0) is 24.9. The number of hydrogen-bond acceptors (Lipinski definition) is 4. The molecule has 178 valence electrons. The number of amides is 1. The molecule has 0 spiro atoms. The fourth-order valence-electron chi connectivity index (χ4n) is 3.48. The summed E-state index contributed by atoms with van der Waals surface area (Å²) in [5.41, 5.74) is 1.14. The Morgan fingerprint density at radius 2 is 1.88 bits per heavy atom. The normalized spacial score (nSPS) is 13.1. The Morgan fingerprint density at radius 1 is 1.18 bits per heavy atom. The molecule has 11 heteroatoms. The second kappa shape index (κ2) is 10.9. The van der Waals surface area contributed by atoms with Crippen molar-refractivity contribution in [2.45, 2.75) is 36.9 Å². The molecule has 3 aromatic rings. The zero-order valence-electron chi connectivity index (χ0n) is 18.0. The predicted molar refractivity (Wildman–Crippen MR) is 125 cm³/mol. The minimum Gasteiger partial charge on any atom is -0.351 e. The van der Waals surface area contributed by atoms with Gasteiger partial charge in [-0.1, -0.05) is 30.3 Å². The number of nitrogens with zero attached hydrogens (tertiary/aromatic N) is 2. The van der Waals surface area contributed by atoms with Gasteiger partial charge >= 0.3 is 0 Å². The second-order valence-electron chi connectivity index (χ2n) is 7.57. The smallest absolute Gasteiger partial charge is 0.245 e. The third kappa shape index (κ3) is 6.08. The summed E-state index contributed by atoms with van der Waals surface area (Å²) in [7, 11) is -4.57. The standard InChI is InChI=1S/C23H21BrF2N4O3S/c1-15(30-9-5-8-18(30)13-27)10-21(23(31)28-14-16-6-3-2-4-7-16)29-34(32,33)22-19(24)11-17(25)12-20(22)26/h2-9,11-12,15,21,29H,10,14H2,1H3,(H,28,31). The van der Waals surface area contributed by atoms with Crippen LogP contribution in [0.25, 0.3) is 0 Å². The van der Waals surface area contributed by atoms with Gasteiger partial charge < -0.3 is 9.88 Å². The highest BCUT2D eigenvalue weighted by molar-refractivity contribution is 9.10. The molecule has 0 saturated heterocycles. The van der Waals surface area contributed by atoms with Crippen LogP contribution >= 0.6 is 15.9 Å². The van der Waals surface area contributed by atoms with Gasteiger partial charge in [0.1, 0.15) is 34.3 Å². The number of nitrogens with one attached hydrogen (secondary N) is 2. The van der Waals surface area contributed by atoms with Crippen LogP contribution in [0.1, 0.15) is 30.6 Å². The molecule has 0 aliphatic heterocycles. The van der Waals surface area contributed by atoms with Crippen LogP contribution in [0, 0.1) is 23.0 Å². The molecular weight excluding hydrogens is 530 g/mol. The number of nitriles is 1. The van der Waals surface area contributed by atoms with Gasteiger partial charge in [-0.15, -0.1) is 0 Å². The van der Waals surface area contributed by atoms with Gasteiger partial charge in [-0.05, 0) is 53.0 Å². The third-order valence-corrected chi connectivity index (χ3v) is 7.54. The summed E-state index contributed by atoms with van der Waals surface area (Å²) in [6.07, 6.45) is 1.61. The number of halogens is 3. The van der Waals surface area contributed by atoms with Crippen LogP contribution in [0.4, 0.5) is 8.78 Å². The molecule has 2 N–H and O–H groups in total. The first-order chi connectivity index (χ1) is 16.1. The Labute approximate surface area is 204 Å². The van der Waals surface area contributed by atoms with Gasteiger partial charge in [0.05, 0.1) is 0 Å². The minimum absolute atomic E-state index is 0.0380. The Bertz CT molecular complexity index is 1300.